The predicted molar refractivity (Wildman–Crippen MR) is 135 cm³/mol. The van der Waals surface area contributed by atoms with Crippen LogP contribution < -0.4 is 19.9 Å². The molecule has 172 valence electrons. The Labute approximate surface area is 197 Å². The molecule has 0 unspecified atom stereocenters. The molecule has 1 aromatic heterocycles. The maximum atomic E-state index is 13.4. The van der Waals surface area contributed by atoms with E-state index in [9.17, 15) is 4.79 Å². The van der Waals surface area contributed by atoms with E-state index in [2.05, 4.69) is 10.0 Å². The molecule has 7 nitrogen and oxygen atoms in total. The van der Waals surface area contributed by atoms with Gasteiger partial charge in [-0.05, 0) is 31.0 Å². The number of fused-ring (bicyclic) bond motifs is 1. The van der Waals surface area contributed by atoms with Crippen molar-refractivity contribution < 1.29 is 9.47 Å². The number of ether oxygens (including phenoxy) is 2. The molecule has 7 heteroatoms. The highest BCUT2D eigenvalue weighted by molar-refractivity contribution is 5.87. The maximum absolute atomic E-state index is 13.4. The molecule has 0 radical (unpaired) electrons. The van der Waals surface area contributed by atoms with Gasteiger partial charge in [0, 0.05) is 30.3 Å². The van der Waals surface area contributed by atoms with Gasteiger partial charge in [0.05, 0.1) is 37.0 Å². The van der Waals surface area contributed by atoms with Crippen molar-refractivity contribution in [2.24, 2.45) is 5.10 Å². The van der Waals surface area contributed by atoms with E-state index in [1.807, 2.05) is 60.7 Å². The topological polar surface area (TPSA) is 69.0 Å². The summed E-state index contributed by atoms with van der Waals surface area (Å²) >= 11 is 0. The minimum atomic E-state index is -0.236. The predicted octanol–water partition coefficient (Wildman–Crippen LogP) is 4.56. The third kappa shape index (κ3) is 4.01. The minimum absolute atomic E-state index is 0.236. The van der Waals surface area contributed by atoms with Crippen molar-refractivity contribution in [2.75, 3.05) is 32.2 Å². The molecule has 2 heterocycles. The van der Waals surface area contributed by atoms with Gasteiger partial charge in [0.2, 0.25) is 0 Å². The van der Waals surface area contributed by atoms with E-state index in [1.165, 1.54) is 4.68 Å². The van der Waals surface area contributed by atoms with Gasteiger partial charge >= 0.3 is 0 Å². The summed E-state index contributed by atoms with van der Waals surface area (Å²) in [5.41, 5.74) is 2.91. The van der Waals surface area contributed by atoms with E-state index in [4.69, 9.17) is 14.5 Å². The lowest BCUT2D eigenvalue weighted by Crippen LogP contribution is -2.20. The molecule has 1 aliphatic heterocycles. The largest absolute Gasteiger partial charge is 0.496 e. The highest BCUT2D eigenvalue weighted by Gasteiger charge is 2.19. The summed E-state index contributed by atoms with van der Waals surface area (Å²) in [6, 6.07) is 20.8. The van der Waals surface area contributed by atoms with Gasteiger partial charge in [-0.15, -0.1) is 0 Å². The fourth-order valence-corrected chi connectivity index (χ4v) is 4.34. The third-order valence-corrected chi connectivity index (χ3v) is 6.08. The van der Waals surface area contributed by atoms with Crippen LogP contribution in [-0.4, -0.2) is 43.2 Å². The Kier molecular flexibility index (Phi) is 5.99. The van der Waals surface area contributed by atoms with E-state index in [-0.39, 0.29) is 5.56 Å². The zero-order chi connectivity index (χ0) is 23.5. The van der Waals surface area contributed by atoms with E-state index < -0.39 is 0 Å². The molecular formula is C27H26N4O3. The first-order chi connectivity index (χ1) is 16.7. The summed E-state index contributed by atoms with van der Waals surface area (Å²) < 4.78 is 12.7. The summed E-state index contributed by atoms with van der Waals surface area (Å²) in [7, 11) is 3.29. The number of anilines is 1. The van der Waals surface area contributed by atoms with Crippen molar-refractivity contribution in [3.05, 3.63) is 82.6 Å². The Morgan fingerprint density at radius 2 is 1.62 bits per heavy atom. The second-order valence-corrected chi connectivity index (χ2v) is 8.14. The summed E-state index contributed by atoms with van der Waals surface area (Å²) in [5, 5.41) is 5.09. The number of aromatic nitrogens is 2. The smallest absolute Gasteiger partial charge is 0.282 e. The molecule has 3 aromatic carbocycles. The first-order valence-corrected chi connectivity index (χ1v) is 11.3. The van der Waals surface area contributed by atoms with Gasteiger partial charge in [-0.1, -0.05) is 42.5 Å². The van der Waals surface area contributed by atoms with Crippen LogP contribution in [0.25, 0.3) is 22.3 Å². The SMILES string of the molecule is COc1cc(N2CCCC2)c(OC)cc1C=Nn1c(-c2ccccc2)nc2ccccc2c1=O. The van der Waals surface area contributed by atoms with Crippen LogP contribution in [0, 0.1) is 0 Å². The van der Waals surface area contributed by atoms with E-state index in [0.29, 0.717) is 28.0 Å². The average molecular weight is 455 g/mol. The monoisotopic (exact) mass is 454 g/mol. The van der Waals surface area contributed by atoms with Crippen molar-refractivity contribution in [3.8, 4) is 22.9 Å². The fraction of sp³-hybridized carbons (Fsp3) is 0.222. The van der Waals surface area contributed by atoms with E-state index in [0.717, 1.165) is 42.9 Å². The molecule has 5 rings (SSSR count). The van der Waals surface area contributed by atoms with E-state index >= 15 is 0 Å². The van der Waals surface area contributed by atoms with Crippen LogP contribution in [-0.2, 0) is 0 Å². The lowest BCUT2D eigenvalue weighted by molar-refractivity contribution is 0.402. The molecule has 4 aromatic rings. The van der Waals surface area contributed by atoms with Gasteiger partial charge in [-0.2, -0.15) is 9.78 Å². The van der Waals surface area contributed by atoms with Crippen LogP contribution in [0.1, 0.15) is 18.4 Å². The standard InChI is InChI=1S/C27H26N4O3/c1-33-24-17-23(30-14-8-9-15-30)25(34-2)16-20(24)18-28-31-26(19-10-4-3-5-11-19)29-22-13-7-6-12-21(22)27(31)32/h3-7,10-13,16-18H,8-9,14-15H2,1-2H3. The fourth-order valence-electron chi connectivity index (χ4n) is 4.34. The Morgan fingerprint density at radius 3 is 2.35 bits per heavy atom. The molecule has 1 aliphatic rings. The molecule has 0 aliphatic carbocycles. The zero-order valence-corrected chi connectivity index (χ0v) is 19.3. The Bertz CT molecular complexity index is 1410. The summed E-state index contributed by atoms with van der Waals surface area (Å²) in [5.74, 6) is 1.88. The van der Waals surface area contributed by atoms with Crippen LogP contribution in [0.15, 0.2) is 76.6 Å². The normalized spacial score (nSPS) is 13.6. The van der Waals surface area contributed by atoms with Gasteiger partial charge in [0.1, 0.15) is 11.5 Å². The highest BCUT2D eigenvalue weighted by atomic mass is 16.5. The molecule has 0 bridgehead atoms. The number of rotatable bonds is 6. The average Bonchev–Trinajstić information content (AvgIpc) is 3.43. The quantitative estimate of drug-likeness (QED) is 0.400. The Balaban J connectivity index is 1.64. The van der Waals surface area contributed by atoms with Crippen LogP contribution in [0.5, 0.6) is 11.5 Å². The number of benzene rings is 3. The molecule has 0 N–H and O–H groups in total. The number of methoxy groups -OCH3 is 2. The van der Waals surface area contributed by atoms with Gasteiger partial charge in [-0.25, -0.2) is 4.98 Å². The van der Waals surface area contributed by atoms with Crippen LogP contribution >= 0.6 is 0 Å². The first kappa shape index (κ1) is 21.7. The molecular weight excluding hydrogens is 428 g/mol. The van der Waals surface area contributed by atoms with Crippen LogP contribution in [0.4, 0.5) is 5.69 Å². The molecule has 0 saturated carbocycles. The van der Waals surface area contributed by atoms with Crippen molar-refractivity contribution in [3.63, 3.8) is 0 Å². The Hall–Kier alpha value is -4.13. The summed E-state index contributed by atoms with van der Waals surface area (Å²) in [6.45, 7) is 1.98. The molecule has 1 fully saturated rings. The zero-order valence-electron chi connectivity index (χ0n) is 19.3. The van der Waals surface area contributed by atoms with Crippen molar-refractivity contribution in [1.29, 1.82) is 0 Å². The number of nitrogens with zero attached hydrogens (tertiary/aromatic N) is 4. The van der Waals surface area contributed by atoms with Gasteiger partial charge < -0.3 is 14.4 Å². The van der Waals surface area contributed by atoms with Crippen molar-refractivity contribution in [2.45, 2.75) is 12.8 Å². The summed E-state index contributed by atoms with van der Waals surface area (Å²) in [6.07, 6.45) is 3.95. The van der Waals surface area contributed by atoms with Gasteiger partial charge in [0.15, 0.2) is 5.82 Å². The second kappa shape index (κ2) is 9.39. The van der Waals surface area contributed by atoms with Crippen molar-refractivity contribution >= 4 is 22.8 Å². The molecule has 0 spiro atoms. The van der Waals surface area contributed by atoms with Crippen molar-refractivity contribution in [1.82, 2.24) is 9.66 Å². The highest BCUT2D eigenvalue weighted by Crippen LogP contribution is 2.36. The van der Waals surface area contributed by atoms with Crippen LogP contribution in [0.3, 0.4) is 0 Å². The lowest BCUT2D eigenvalue weighted by atomic mass is 10.1. The number of hydrogen-bond acceptors (Lipinski definition) is 6. The van der Waals surface area contributed by atoms with Gasteiger partial charge in [-0.3, -0.25) is 4.79 Å². The molecule has 34 heavy (non-hydrogen) atoms. The number of para-hydroxylation sites is 1. The van der Waals surface area contributed by atoms with E-state index in [1.54, 1.807) is 26.5 Å². The molecule has 1 saturated heterocycles. The third-order valence-electron chi connectivity index (χ3n) is 6.08. The first-order valence-electron chi connectivity index (χ1n) is 11.3. The molecule has 0 amide bonds. The van der Waals surface area contributed by atoms with Gasteiger partial charge in [0.25, 0.3) is 5.56 Å². The maximum Gasteiger partial charge on any atom is 0.282 e. The Morgan fingerprint density at radius 1 is 0.912 bits per heavy atom. The minimum Gasteiger partial charge on any atom is -0.496 e. The summed E-state index contributed by atoms with van der Waals surface area (Å²) in [4.78, 5) is 20.4. The lowest BCUT2D eigenvalue weighted by Gasteiger charge is -2.22. The molecule has 0 atom stereocenters. The number of hydrogen-bond donors (Lipinski definition) is 0. The van der Waals surface area contributed by atoms with Crippen LogP contribution in [0.2, 0.25) is 0 Å². The second-order valence-electron chi connectivity index (χ2n) is 8.14.